The smallest absolute Gasteiger partial charge is 0.159 e. The Labute approximate surface area is 194 Å². The second-order valence-electron chi connectivity index (χ2n) is 7.40. The number of aromatic nitrogens is 2. The standard InChI is InChI=1S/C26H19BrClN3/c27-22-16-21-24(17-23(22)29)31(30-25(21)28)26(18-10-4-1-5-11-18,19-12-6-2-7-13-19)20-14-8-3-9-15-20/h1-17H,29H2. The van der Waals surface area contributed by atoms with Crippen LogP contribution in [0.3, 0.4) is 0 Å². The Morgan fingerprint density at radius 3 is 1.65 bits per heavy atom. The van der Waals surface area contributed by atoms with E-state index in [9.17, 15) is 0 Å². The van der Waals surface area contributed by atoms with Crippen LogP contribution in [0.1, 0.15) is 16.7 Å². The van der Waals surface area contributed by atoms with E-state index in [1.165, 1.54) is 0 Å². The topological polar surface area (TPSA) is 43.8 Å². The maximum absolute atomic E-state index is 6.68. The summed E-state index contributed by atoms with van der Waals surface area (Å²) in [6, 6.07) is 35.0. The van der Waals surface area contributed by atoms with Gasteiger partial charge in [0, 0.05) is 15.5 Å². The van der Waals surface area contributed by atoms with Crippen molar-refractivity contribution >= 4 is 44.1 Å². The van der Waals surface area contributed by atoms with Crippen molar-refractivity contribution in [1.82, 2.24) is 9.78 Å². The summed E-state index contributed by atoms with van der Waals surface area (Å²) in [5, 5.41) is 6.16. The molecular weight excluding hydrogens is 470 g/mol. The minimum atomic E-state index is -0.741. The predicted molar refractivity (Wildman–Crippen MR) is 131 cm³/mol. The summed E-state index contributed by atoms with van der Waals surface area (Å²) in [7, 11) is 0. The number of fused-ring (bicyclic) bond motifs is 1. The Kier molecular flexibility index (Phi) is 5.05. The van der Waals surface area contributed by atoms with Gasteiger partial charge in [-0.3, -0.25) is 0 Å². The van der Waals surface area contributed by atoms with Crippen LogP contribution in [0.15, 0.2) is 108 Å². The summed E-state index contributed by atoms with van der Waals surface area (Å²) < 4.78 is 2.80. The SMILES string of the molecule is Nc1cc2c(cc1Br)c(Cl)nn2C(c1ccccc1)(c1ccccc1)c1ccccc1. The third-order valence-electron chi connectivity index (χ3n) is 5.65. The van der Waals surface area contributed by atoms with E-state index in [4.69, 9.17) is 22.4 Å². The van der Waals surface area contributed by atoms with Crippen molar-refractivity contribution in [3.05, 3.63) is 129 Å². The van der Waals surface area contributed by atoms with Crippen molar-refractivity contribution in [2.45, 2.75) is 5.54 Å². The molecule has 0 atom stereocenters. The molecule has 0 fully saturated rings. The lowest BCUT2D eigenvalue weighted by Crippen LogP contribution is -2.38. The molecule has 0 saturated heterocycles. The molecule has 152 valence electrons. The van der Waals surface area contributed by atoms with Gasteiger partial charge in [0.15, 0.2) is 5.15 Å². The number of hydrogen-bond acceptors (Lipinski definition) is 2. The molecule has 1 aromatic heterocycles. The van der Waals surface area contributed by atoms with Gasteiger partial charge < -0.3 is 5.73 Å². The number of nitrogens with zero attached hydrogens (tertiary/aromatic N) is 2. The first-order valence-electron chi connectivity index (χ1n) is 9.92. The highest BCUT2D eigenvalue weighted by atomic mass is 79.9. The highest BCUT2D eigenvalue weighted by molar-refractivity contribution is 9.10. The first-order valence-corrected chi connectivity index (χ1v) is 11.1. The van der Waals surface area contributed by atoms with Crippen LogP contribution in [-0.4, -0.2) is 9.78 Å². The average Bonchev–Trinajstić information content (AvgIpc) is 3.12. The first-order chi connectivity index (χ1) is 15.1. The van der Waals surface area contributed by atoms with Crippen molar-refractivity contribution in [2.24, 2.45) is 0 Å². The molecule has 5 rings (SSSR count). The number of halogens is 2. The zero-order valence-electron chi connectivity index (χ0n) is 16.5. The van der Waals surface area contributed by atoms with E-state index < -0.39 is 5.54 Å². The Morgan fingerprint density at radius 2 is 1.19 bits per heavy atom. The zero-order valence-corrected chi connectivity index (χ0v) is 18.9. The summed E-state index contributed by atoms with van der Waals surface area (Å²) in [5.41, 5.74) is 10.3. The van der Waals surface area contributed by atoms with Crippen molar-refractivity contribution in [1.29, 1.82) is 0 Å². The first kappa shape index (κ1) is 19.9. The van der Waals surface area contributed by atoms with Gasteiger partial charge >= 0.3 is 0 Å². The lowest BCUT2D eigenvalue weighted by Gasteiger charge is -2.37. The van der Waals surface area contributed by atoms with Gasteiger partial charge in [0.2, 0.25) is 0 Å². The normalized spacial score (nSPS) is 11.7. The third kappa shape index (κ3) is 3.14. The molecule has 0 spiro atoms. The molecule has 31 heavy (non-hydrogen) atoms. The van der Waals surface area contributed by atoms with Gasteiger partial charge in [-0.15, -0.1) is 0 Å². The molecule has 0 bridgehead atoms. The molecule has 0 unspecified atom stereocenters. The van der Waals surface area contributed by atoms with Crippen LogP contribution in [0.2, 0.25) is 5.15 Å². The number of rotatable bonds is 4. The van der Waals surface area contributed by atoms with E-state index >= 15 is 0 Å². The lowest BCUT2D eigenvalue weighted by atomic mass is 9.77. The molecule has 0 aliphatic heterocycles. The summed E-state index contributed by atoms with van der Waals surface area (Å²) in [6.45, 7) is 0. The van der Waals surface area contributed by atoms with E-state index in [1.54, 1.807) is 0 Å². The monoisotopic (exact) mass is 487 g/mol. The van der Waals surface area contributed by atoms with Crippen LogP contribution in [-0.2, 0) is 5.54 Å². The van der Waals surface area contributed by atoms with Crippen LogP contribution in [0.5, 0.6) is 0 Å². The fourth-order valence-electron chi connectivity index (χ4n) is 4.27. The van der Waals surface area contributed by atoms with Gasteiger partial charge in [0.25, 0.3) is 0 Å². The highest BCUT2D eigenvalue weighted by Crippen LogP contribution is 2.44. The van der Waals surface area contributed by atoms with E-state index in [2.05, 4.69) is 52.3 Å². The van der Waals surface area contributed by atoms with E-state index in [0.29, 0.717) is 10.8 Å². The molecule has 0 saturated carbocycles. The van der Waals surface area contributed by atoms with Gasteiger partial charge in [-0.1, -0.05) is 103 Å². The Hall–Kier alpha value is -3.08. The number of benzene rings is 4. The summed E-state index contributed by atoms with van der Waals surface area (Å²) in [5.74, 6) is 0. The zero-order chi connectivity index (χ0) is 21.4. The van der Waals surface area contributed by atoms with Gasteiger partial charge in [0.05, 0.1) is 5.52 Å². The molecule has 5 heteroatoms. The maximum atomic E-state index is 6.68. The minimum Gasteiger partial charge on any atom is -0.398 e. The second-order valence-corrected chi connectivity index (χ2v) is 8.61. The van der Waals surface area contributed by atoms with E-state index in [-0.39, 0.29) is 0 Å². The molecule has 0 aliphatic rings. The number of nitrogens with two attached hydrogens (primary N) is 1. The maximum Gasteiger partial charge on any atom is 0.159 e. The van der Waals surface area contributed by atoms with Gasteiger partial charge in [-0.25, -0.2) is 4.68 Å². The molecule has 4 aromatic carbocycles. The van der Waals surface area contributed by atoms with Gasteiger partial charge in [0.1, 0.15) is 5.54 Å². The third-order valence-corrected chi connectivity index (χ3v) is 6.61. The lowest BCUT2D eigenvalue weighted by molar-refractivity contribution is 0.476. The van der Waals surface area contributed by atoms with Crippen LogP contribution >= 0.6 is 27.5 Å². The summed E-state index contributed by atoms with van der Waals surface area (Å²) in [4.78, 5) is 0. The fourth-order valence-corrected chi connectivity index (χ4v) is 4.84. The van der Waals surface area contributed by atoms with Crippen LogP contribution in [0.4, 0.5) is 5.69 Å². The van der Waals surface area contributed by atoms with Gasteiger partial charge in [-0.2, -0.15) is 5.10 Å². The number of hydrogen-bond donors (Lipinski definition) is 1. The van der Waals surface area contributed by atoms with Crippen molar-refractivity contribution in [3.8, 4) is 0 Å². The average molecular weight is 489 g/mol. The Balaban J connectivity index is 1.99. The minimum absolute atomic E-state index is 0.433. The predicted octanol–water partition coefficient (Wildman–Crippen LogP) is 6.87. The Bertz CT molecular complexity index is 1250. The molecular formula is C26H19BrClN3. The largest absolute Gasteiger partial charge is 0.398 e. The van der Waals surface area contributed by atoms with Crippen LogP contribution in [0, 0.1) is 0 Å². The van der Waals surface area contributed by atoms with Crippen molar-refractivity contribution in [2.75, 3.05) is 5.73 Å². The van der Waals surface area contributed by atoms with Crippen LogP contribution < -0.4 is 5.73 Å². The number of nitrogen functional groups attached to an aromatic ring is 1. The van der Waals surface area contributed by atoms with Crippen molar-refractivity contribution in [3.63, 3.8) is 0 Å². The van der Waals surface area contributed by atoms with Crippen molar-refractivity contribution < 1.29 is 0 Å². The summed E-state index contributed by atoms with van der Waals surface area (Å²) in [6.07, 6.45) is 0. The molecule has 0 radical (unpaired) electrons. The summed E-state index contributed by atoms with van der Waals surface area (Å²) >= 11 is 10.2. The fraction of sp³-hybridized carbons (Fsp3) is 0.0385. The second kappa shape index (κ2) is 7.88. The van der Waals surface area contributed by atoms with Crippen LogP contribution in [0.25, 0.3) is 10.9 Å². The quantitative estimate of drug-likeness (QED) is 0.221. The number of anilines is 1. The highest BCUT2D eigenvalue weighted by Gasteiger charge is 2.40. The van der Waals surface area contributed by atoms with E-state index in [0.717, 1.165) is 32.1 Å². The molecule has 0 amide bonds. The molecule has 1 heterocycles. The molecule has 0 aliphatic carbocycles. The van der Waals surface area contributed by atoms with Gasteiger partial charge in [-0.05, 0) is 44.8 Å². The molecule has 3 nitrogen and oxygen atoms in total. The Morgan fingerprint density at radius 1 is 0.742 bits per heavy atom. The molecule has 2 N–H and O–H groups in total. The van der Waals surface area contributed by atoms with E-state index in [1.807, 2.05) is 71.4 Å². The molecule has 5 aromatic rings.